The smallest absolute Gasteiger partial charge is 0.320 e. The van der Waals surface area contributed by atoms with E-state index in [1.54, 1.807) is 36.1 Å². The molecule has 0 fully saturated rings. The van der Waals surface area contributed by atoms with Crippen LogP contribution in [0, 0.1) is 28.5 Å². The summed E-state index contributed by atoms with van der Waals surface area (Å²) in [6.07, 6.45) is 0.254. The third-order valence-electron chi connectivity index (χ3n) is 4.92. The zero-order valence-electron chi connectivity index (χ0n) is 15.2. The fraction of sp³-hybridized carbons (Fsp3) is 0.286. The second-order valence-electron chi connectivity index (χ2n) is 6.87. The fourth-order valence-electron chi connectivity index (χ4n) is 3.37. The maximum absolute atomic E-state index is 14.9. The molecule has 0 bridgehead atoms. The molecule has 0 aromatic heterocycles. The van der Waals surface area contributed by atoms with Crippen LogP contribution in [0.25, 0.3) is 0 Å². The van der Waals surface area contributed by atoms with Gasteiger partial charge >= 0.3 is 6.03 Å². The average Bonchev–Trinajstić information content (AvgIpc) is 2.67. The second kappa shape index (κ2) is 7.09. The molecule has 0 radical (unpaired) electrons. The molecule has 0 saturated heterocycles. The molecule has 0 aliphatic carbocycles. The van der Waals surface area contributed by atoms with Crippen molar-refractivity contribution in [2.24, 2.45) is 0 Å². The Morgan fingerprint density at radius 2 is 2.07 bits per heavy atom. The predicted molar refractivity (Wildman–Crippen MR) is 99.3 cm³/mol. The lowest BCUT2D eigenvalue weighted by molar-refractivity contribution is 0.209. The van der Waals surface area contributed by atoms with Gasteiger partial charge in [-0.3, -0.25) is 0 Å². The lowest BCUT2D eigenvalue weighted by Gasteiger charge is -2.30. The second-order valence-corrected chi connectivity index (χ2v) is 6.87. The van der Waals surface area contributed by atoms with E-state index in [-0.39, 0.29) is 18.0 Å². The van der Waals surface area contributed by atoms with E-state index in [4.69, 9.17) is 5.26 Å². The van der Waals surface area contributed by atoms with Crippen molar-refractivity contribution in [1.82, 2.24) is 4.90 Å². The summed E-state index contributed by atoms with van der Waals surface area (Å²) in [6, 6.07) is 13.9. The Labute approximate surface area is 157 Å². The Morgan fingerprint density at radius 1 is 1.30 bits per heavy atom. The molecule has 0 saturated carbocycles. The van der Waals surface area contributed by atoms with Crippen molar-refractivity contribution in [3.05, 3.63) is 64.5 Å². The van der Waals surface area contributed by atoms with Gasteiger partial charge in [-0.15, -0.1) is 0 Å². The maximum Gasteiger partial charge on any atom is 0.322 e. The molecule has 1 atom stereocenters. The van der Waals surface area contributed by atoms with Crippen molar-refractivity contribution < 1.29 is 9.18 Å². The average molecular weight is 362 g/mol. The van der Waals surface area contributed by atoms with Gasteiger partial charge in [-0.25, -0.2) is 9.18 Å². The topological polar surface area (TPSA) is 79.9 Å². The van der Waals surface area contributed by atoms with Crippen LogP contribution in [-0.2, 0) is 18.4 Å². The molecule has 1 aliphatic rings. The standard InChI is InChI=1S/C21H19FN4O/c1-3-26-12-16-8-18(22)17(9-19(16)25-20(26)27)21(2,13-24)10-14-5-4-6-15(7-14)11-23/h4-9H,3,10,12H2,1-2H3,(H,25,27). The predicted octanol–water partition coefficient (Wildman–Crippen LogP) is 4.09. The number of carbonyl (C=O) groups is 1. The molecule has 2 amide bonds. The third-order valence-corrected chi connectivity index (χ3v) is 4.92. The molecule has 5 nitrogen and oxygen atoms in total. The summed E-state index contributed by atoms with van der Waals surface area (Å²) in [5, 5.41) is 21.6. The summed E-state index contributed by atoms with van der Waals surface area (Å²) in [4.78, 5) is 13.7. The minimum absolute atomic E-state index is 0.233. The fourth-order valence-corrected chi connectivity index (χ4v) is 3.37. The number of nitrogens with one attached hydrogen (secondary N) is 1. The van der Waals surface area contributed by atoms with Crippen molar-refractivity contribution in [2.45, 2.75) is 32.2 Å². The molecule has 136 valence electrons. The number of carbonyl (C=O) groups excluding carboxylic acids is 1. The van der Waals surface area contributed by atoms with Gasteiger partial charge in [0.1, 0.15) is 5.82 Å². The van der Waals surface area contributed by atoms with E-state index in [2.05, 4.69) is 17.5 Å². The Morgan fingerprint density at radius 3 is 2.74 bits per heavy atom. The molecular weight excluding hydrogens is 343 g/mol. The van der Waals surface area contributed by atoms with E-state index < -0.39 is 11.2 Å². The first-order chi connectivity index (χ1) is 12.9. The first kappa shape index (κ1) is 18.4. The van der Waals surface area contributed by atoms with Crippen LogP contribution in [0.5, 0.6) is 0 Å². The monoisotopic (exact) mass is 362 g/mol. The molecule has 1 aliphatic heterocycles. The highest BCUT2D eigenvalue weighted by atomic mass is 19.1. The van der Waals surface area contributed by atoms with Gasteiger partial charge in [-0.2, -0.15) is 10.5 Å². The van der Waals surface area contributed by atoms with Crippen LogP contribution >= 0.6 is 0 Å². The van der Waals surface area contributed by atoms with Gasteiger partial charge < -0.3 is 10.2 Å². The minimum Gasteiger partial charge on any atom is -0.320 e. The molecule has 2 aromatic carbocycles. The summed E-state index contributed by atoms with van der Waals surface area (Å²) in [5.74, 6) is -0.471. The van der Waals surface area contributed by atoms with Crippen LogP contribution in [0.2, 0.25) is 0 Å². The number of benzene rings is 2. The van der Waals surface area contributed by atoms with Crippen molar-refractivity contribution in [1.29, 1.82) is 10.5 Å². The first-order valence-electron chi connectivity index (χ1n) is 8.69. The summed E-state index contributed by atoms with van der Waals surface area (Å²) < 4.78 is 14.9. The molecule has 1 N–H and O–H groups in total. The van der Waals surface area contributed by atoms with Crippen molar-refractivity contribution in [3.63, 3.8) is 0 Å². The zero-order valence-corrected chi connectivity index (χ0v) is 15.2. The Balaban J connectivity index is 2.00. The van der Waals surface area contributed by atoms with E-state index in [9.17, 15) is 14.4 Å². The van der Waals surface area contributed by atoms with Gasteiger partial charge in [-0.05, 0) is 55.7 Å². The molecule has 3 rings (SSSR count). The highest BCUT2D eigenvalue weighted by Crippen LogP contribution is 2.35. The number of hydrogen-bond acceptors (Lipinski definition) is 3. The number of halogens is 1. The quantitative estimate of drug-likeness (QED) is 0.889. The van der Waals surface area contributed by atoms with Crippen molar-refractivity contribution >= 4 is 11.7 Å². The molecule has 2 aromatic rings. The maximum atomic E-state index is 14.9. The van der Waals surface area contributed by atoms with Gasteiger partial charge in [0.05, 0.1) is 23.1 Å². The number of nitrogens with zero attached hydrogens (tertiary/aromatic N) is 3. The number of amides is 2. The SMILES string of the molecule is CCN1Cc2cc(F)c(C(C)(C#N)Cc3cccc(C#N)c3)cc2NC1=O. The van der Waals surface area contributed by atoms with Gasteiger partial charge in [0.25, 0.3) is 0 Å². The number of urea groups is 1. The molecule has 6 heteroatoms. The largest absolute Gasteiger partial charge is 0.322 e. The number of rotatable bonds is 4. The summed E-state index contributed by atoms with van der Waals surface area (Å²) >= 11 is 0. The Bertz CT molecular complexity index is 989. The normalized spacial score (nSPS) is 15.1. The summed E-state index contributed by atoms with van der Waals surface area (Å²) in [5.41, 5.74) is 1.58. The van der Waals surface area contributed by atoms with Gasteiger partial charge in [0.2, 0.25) is 0 Å². The van der Waals surface area contributed by atoms with Crippen LogP contribution in [0.4, 0.5) is 14.9 Å². The highest BCUT2D eigenvalue weighted by molar-refractivity contribution is 5.92. The van der Waals surface area contributed by atoms with E-state index in [0.29, 0.717) is 29.9 Å². The summed E-state index contributed by atoms with van der Waals surface area (Å²) in [6.45, 7) is 4.39. The van der Waals surface area contributed by atoms with Gasteiger partial charge in [0, 0.05) is 24.3 Å². The molecular formula is C21H19FN4O. The van der Waals surface area contributed by atoms with E-state index in [1.807, 2.05) is 13.0 Å². The van der Waals surface area contributed by atoms with Crippen molar-refractivity contribution in [3.8, 4) is 12.1 Å². The van der Waals surface area contributed by atoms with Crippen LogP contribution in [-0.4, -0.2) is 17.5 Å². The van der Waals surface area contributed by atoms with Gasteiger partial charge in [-0.1, -0.05) is 12.1 Å². The Kier molecular flexibility index (Phi) is 4.83. The zero-order chi connectivity index (χ0) is 19.6. The number of nitriles is 2. The van der Waals surface area contributed by atoms with E-state index in [1.165, 1.54) is 6.07 Å². The van der Waals surface area contributed by atoms with Crippen LogP contribution < -0.4 is 5.32 Å². The summed E-state index contributed by atoms with van der Waals surface area (Å²) in [7, 11) is 0. The molecule has 27 heavy (non-hydrogen) atoms. The van der Waals surface area contributed by atoms with Crippen LogP contribution in [0.15, 0.2) is 36.4 Å². The van der Waals surface area contributed by atoms with Gasteiger partial charge in [0.15, 0.2) is 0 Å². The van der Waals surface area contributed by atoms with Crippen LogP contribution in [0.1, 0.15) is 36.1 Å². The van der Waals surface area contributed by atoms with E-state index in [0.717, 1.165) is 5.56 Å². The number of hydrogen-bond donors (Lipinski definition) is 1. The minimum atomic E-state index is -1.14. The number of fused-ring (bicyclic) bond motifs is 1. The molecule has 0 spiro atoms. The first-order valence-corrected chi connectivity index (χ1v) is 8.69. The lowest BCUT2D eigenvalue weighted by Crippen LogP contribution is -2.38. The lowest BCUT2D eigenvalue weighted by atomic mass is 9.77. The molecule has 1 heterocycles. The van der Waals surface area contributed by atoms with Crippen molar-refractivity contribution in [2.75, 3.05) is 11.9 Å². The van der Waals surface area contributed by atoms with Crippen LogP contribution in [0.3, 0.4) is 0 Å². The van der Waals surface area contributed by atoms with E-state index >= 15 is 0 Å². The number of anilines is 1. The Hall–Kier alpha value is -3.38. The highest BCUT2D eigenvalue weighted by Gasteiger charge is 2.33. The third kappa shape index (κ3) is 3.47. The molecule has 1 unspecified atom stereocenters.